The highest BCUT2D eigenvalue weighted by molar-refractivity contribution is 5.85. The Morgan fingerprint density at radius 1 is 1.40 bits per heavy atom. The molecule has 5 heteroatoms. The molecule has 0 bridgehead atoms. The largest absolute Gasteiger partial charge is 0.486 e. The van der Waals surface area contributed by atoms with Crippen molar-refractivity contribution in [3.63, 3.8) is 0 Å². The van der Waals surface area contributed by atoms with Crippen LogP contribution in [0.1, 0.15) is 19.3 Å². The van der Waals surface area contributed by atoms with E-state index in [2.05, 4.69) is 0 Å². The van der Waals surface area contributed by atoms with Crippen LogP contribution in [0.15, 0.2) is 24.3 Å². The molecule has 1 saturated carbocycles. The molecule has 1 aromatic rings. The number of para-hydroxylation sites is 2. The Labute approximate surface area is 118 Å². The molecule has 1 N–H and O–H groups in total. The number of aliphatic hydroxyl groups is 1. The molecule has 5 nitrogen and oxygen atoms in total. The van der Waals surface area contributed by atoms with Gasteiger partial charge in [0.25, 0.3) is 5.91 Å². The smallest absolute Gasteiger partial charge is 0.254 e. The number of nitrogens with zero attached hydrogens (tertiary/aromatic N) is 1. The number of ether oxygens (including phenoxy) is 2. The summed E-state index contributed by atoms with van der Waals surface area (Å²) in [6, 6.07) is 7.49. The zero-order valence-electron chi connectivity index (χ0n) is 11.5. The molecule has 0 radical (unpaired) electrons. The van der Waals surface area contributed by atoms with Crippen LogP contribution in [0.4, 0.5) is 0 Å². The highest BCUT2D eigenvalue weighted by atomic mass is 16.6. The molecular formula is C15H19NO4. The number of likely N-dealkylation sites (N-methyl/N-ethyl adjacent to an activating group) is 1. The van der Waals surface area contributed by atoms with Crippen molar-refractivity contribution < 1.29 is 19.4 Å². The normalized spacial score (nSPS) is 22.8. The summed E-state index contributed by atoms with van der Waals surface area (Å²) in [6.07, 6.45) is 1.82. The first-order valence-electron chi connectivity index (χ1n) is 6.95. The molecule has 1 aromatic carbocycles. The summed E-state index contributed by atoms with van der Waals surface area (Å²) < 4.78 is 11.4. The van der Waals surface area contributed by atoms with E-state index in [1.54, 1.807) is 11.9 Å². The summed E-state index contributed by atoms with van der Waals surface area (Å²) >= 11 is 0. The number of hydrogen-bond donors (Lipinski definition) is 1. The quantitative estimate of drug-likeness (QED) is 0.902. The van der Waals surface area contributed by atoms with Gasteiger partial charge in [-0.25, -0.2) is 0 Å². The van der Waals surface area contributed by atoms with Gasteiger partial charge in [0.05, 0.1) is 6.54 Å². The Balaban J connectivity index is 1.60. The topological polar surface area (TPSA) is 59.0 Å². The van der Waals surface area contributed by atoms with Crippen LogP contribution in [0.5, 0.6) is 11.5 Å². The van der Waals surface area contributed by atoms with Gasteiger partial charge in [0, 0.05) is 7.05 Å². The third-order valence-corrected chi connectivity index (χ3v) is 3.97. The summed E-state index contributed by atoms with van der Waals surface area (Å²) in [5, 5.41) is 10.1. The zero-order valence-corrected chi connectivity index (χ0v) is 11.5. The Morgan fingerprint density at radius 2 is 2.10 bits per heavy atom. The van der Waals surface area contributed by atoms with E-state index in [-0.39, 0.29) is 12.0 Å². The van der Waals surface area contributed by atoms with Crippen LogP contribution >= 0.6 is 0 Å². The maximum absolute atomic E-state index is 12.1. The lowest BCUT2D eigenvalue weighted by molar-refractivity contribution is -0.160. The van der Waals surface area contributed by atoms with Gasteiger partial charge in [-0.1, -0.05) is 12.1 Å². The third kappa shape index (κ3) is 2.33. The van der Waals surface area contributed by atoms with Crippen LogP contribution in [0, 0.1) is 0 Å². The van der Waals surface area contributed by atoms with Crippen molar-refractivity contribution in [1.82, 2.24) is 4.90 Å². The lowest BCUT2D eigenvalue weighted by Crippen LogP contribution is -2.54. The molecule has 0 saturated heterocycles. The molecule has 3 rings (SSSR count). The van der Waals surface area contributed by atoms with E-state index < -0.39 is 5.60 Å². The van der Waals surface area contributed by atoms with Gasteiger partial charge in [-0.05, 0) is 31.4 Å². The average molecular weight is 277 g/mol. The molecule has 108 valence electrons. The molecular weight excluding hydrogens is 258 g/mol. The van der Waals surface area contributed by atoms with Gasteiger partial charge in [0.1, 0.15) is 12.2 Å². The predicted molar refractivity (Wildman–Crippen MR) is 72.8 cm³/mol. The number of hydrogen-bond acceptors (Lipinski definition) is 4. The second-order valence-electron chi connectivity index (χ2n) is 5.57. The standard InChI is InChI=1S/C15H19NO4/c1-16(14(17)15(18)7-4-8-15)9-11-10-19-12-5-2-3-6-13(12)20-11/h2-3,5-6,11,18H,4,7-10H2,1H3. The first-order valence-corrected chi connectivity index (χ1v) is 6.95. The maximum Gasteiger partial charge on any atom is 0.254 e. The van der Waals surface area contributed by atoms with Crippen LogP contribution in [0.3, 0.4) is 0 Å². The SMILES string of the molecule is CN(CC1COc2ccccc2O1)C(=O)C1(O)CCC1. The molecule has 1 fully saturated rings. The van der Waals surface area contributed by atoms with Crippen molar-refractivity contribution in [2.24, 2.45) is 0 Å². The summed E-state index contributed by atoms with van der Waals surface area (Å²) in [5.41, 5.74) is -1.15. The van der Waals surface area contributed by atoms with Crippen molar-refractivity contribution in [1.29, 1.82) is 0 Å². The van der Waals surface area contributed by atoms with E-state index >= 15 is 0 Å². The van der Waals surface area contributed by atoms with Crippen molar-refractivity contribution >= 4 is 5.91 Å². The molecule has 1 unspecified atom stereocenters. The highest BCUT2D eigenvalue weighted by Crippen LogP contribution is 2.34. The number of carbonyl (C=O) groups is 1. The minimum Gasteiger partial charge on any atom is -0.486 e. The molecule has 1 aliphatic heterocycles. The predicted octanol–water partition coefficient (Wildman–Crippen LogP) is 1.20. The fraction of sp³-hybridized carbons (Fsp3) is 0.533. The van der Waals surface area contributed by atoms with E-state index in [0.717, 1.165) is 12.2 Å². The summed E-state index contributed by atoms with van der Waals surface area (Å²) in [5.74, 6) is 1.22. The van der Waals surface area contributed by atoms with E-state index in [1.165, 1.54) is 0 Å². The number of fused-ring (bicyclic) bond motifs is 1. The van der Waals surface area contributed by atoms with Gasteiger partial charge in [-0.2, -0.15) is 0 Å². The number of rotatable bonds is 3. The fourth-order valence-corrected chi connectivity index (χ4v) is 2.62. The van der Waals surface area contributed by atoms with Crippen molar-refractivity contribution in [3.8, 4) is 11.5 Å². The van der Waals surface area contributed by atoms with E-state index in [9.17, 15) is 9.90 Å². The molecule has 2 aliphatic rings. The molecule has 1 atom stereocenters. The van der Waals surface area contributed by atoms with Crippen molar-refractivity contribution in [2.75, 3.05) is 20.2 Å². The molecule has 1 heterocycles. The van der Waals surface area contributed by atoms with Crippen LogP contribution in [0.25, 0.3) is 0 Å². The summed E-state index contributed by atoms with van der Waals surface area (Å²) in [7, 11) is 1.70. The van der Waals surface area contributed by atoms with Gasteiger partial charge >= 0.3 is 0 Å². The van der Waals surface area contributed by atoms with E-state index in [4.69, 9.17) is 9.47 Å². The van der Waals surface area contributed by atoms with Crippen LogP contribution in [-0.4, -0.2) is 47.8 Å². The van der Waals surface area contributed by atoms with Crippen molar-refractivity contribution in [2.45, 2.75) is 31.0 Å². The van der Waals surface area contributed by atoms with Gasteiger partial charge in [-0.3, -0.25) is 4.79 Å². The zero-order chi connectivity index (χ0) is 14.2. The average Bonchev–Trinajstić information content (AvgIpc) is 2.43. The third-order valence-electron chi connectivity index (χ3n) is 3.97. The fourth-order valence-electron chi connectivity index (χ4n) is 2.62. The minimum atomic E-state index is -1.15. The van der Waals surface area contributed by atoms with Crippen LogP contribution in [-0.2, 0) is 4.79 Å². The Kier molecular flexibility index (Phi) is 3.30. The van der Waals surface area contributed by atoms with Gasteiger partial charge < -0.3 is 19.5 Å². The van der Waals surface area contributed by atoms with Gasteiger partial charge in [0.2, 0.25) is 0 Å². The first-order chi connectivity index (χ1) is 9.58. The highest BCUT2D eigenvalue weighted by Gasteiger charge is 2.44. The molecule has 1 aliphatic carbocycles. The maximum atomic E-state index is 12.1. The van der Waals surface area contributed by atoms with Gasteiger partial charge in [0.15, 0.2) is 17.6 Å². The van der Waals surface area contributed by atoms with Crippen molar-refractivity contribution in [3.05, 3.63) is 24.3 Å². The number of amides is 1. The first kappa shape index (κ1) is 13.2. The summed E-state index contributed by atoms with van der Waals surface area (Å²) in [6.45, 7) is 0.822. The number of benzene rings is 1. The molecule has 20 heavy (non-hydrogen) atoms. The molecule has 0 spiro atoms. The monoisotopic (exact) mass is 277 g/mol. The van der Waals surface area contributed by atoms with Crippen LogP contribution < -0.4 is 9.47 Å². The molecule has 1 amide bonds. The summed E-state index contributed by atoms with van der Waals surface area (Å²) in [4.78, 5) is 13.7. The Hall–Kier alpha value is -1.75. The minimum absolute atomic E-state index is 0.206. The van der Waals surface area contributed by atoms with Crippen LogP contribution in [0.2, 0.25) is 0 Å². The lowest BCUT2D eigenvalue weighted by Gasteiger charge is -2.39. The second kappa shape index (κ2) is 4.98. The van der Waals surface area contributed by atoms with E-state index in [0.29, 0.717) is 31.7 Å². The lowest BCUT2D eigenvalue weighted by atomic mass is 9.79. The Morgan fingerprint density at radius 3 is 2.75 bits per heavy atom. The molecule has 0 aromatic heterocycles. The Bertz CT molecular complexity index is 512. The number of carbonyl (C=O) groups excluding carboxylic acids is 1. The van der Waals surface area contributed by atoms with E-state index in [1.807, 2.05) is 24.3 Å². The second-order valence-corrected chi connectivity index (χ2v) is 5.57. The van der Waals surface area contributed by atoms with Gasteiger partial charge in [-0.15, -0.1) is 0 Å².